The fourth-order valence-corrected chi connectivity index (χ4v) is 2.84. The molecule has 1 aliphatic heterocycles. The Labute approximate surface area is 113 Å². The van der Waals surface area contributed by atoms with Crippen molar-refractivity contribution in [2.45, 2.75) is 18.9 Å². The summed E-state index contributed by atoms with van der Waals surface area (Å²) in [5.74, 6) is 0.540. The Morgan fingerprint density at radius 2 is 2.21 bits per heavy atom. The number of hydrogen-bond acceptors (Lipinski definition) is 4. The van der Waals surface area contributed by atoms with Crippen LogP contribution in [0, 0.1) is 0 Å². The van der Waals surface area contributed by atoms with E-state index in [0.29, 0.717) is 5.92 Å². The van der Waals surface area contributed by atoms with Crippen molar-refractivity contribution in [2.24, 2.45) is 12.8 Å². The molecule has 0 fully saturated rings. The van der Waals surface area contributed by atoms with Gasteiger partial charge in [-0.1, -0.05) is 23.4 Å². The number of anilines is 1. The molecule has 1 aromatic heterocycles. The van der Waals surface area contributed by atoms with Crippen molar-refractivity contribution in [3.8, 4) is 0 Å². The van der Waals surface area contributed by atoms with Crippen LogP contribution in [-0.4, -0.2) is 28.1 Å². The molecule has 100 valence electrons. The van der Waals surface area contributed by atoms with E-state index < -0.39 is 0 Å². The smallest absolute Gasteiger partial charge is 0.102 e. The molecule has 0 saturated heterocycles. The number of rotatable bonds is 4. The predicted octanol–water partition coefficient (Wildman–Crippen LogP) is 1.27. The second kappa shape index (κ2) is 5.01. The molecule has 5 heteroatoms. The van der Waals surface area contributed by atoms with Crippen LogP contribution in [0.3, 0.4) is 0 Å². The minimum Gasteiger partial charge on any atom is -0.365 e. The van der Waals surface area contributed by atoms with Gasteiger partial charge in [-0.15, -0.1) is 5.10 Å². The summed E-state index contributed by atoms with van der Waals surface area (Å²) in [6.45, 7) is 2.57. The summed E-state index contributed by atoms with van der Waals surface area (Å²) < 4.78 is 1.74. The van der Waals surface area contributed by atoms with Crippen molar-refractivity contribution in [2.75, 3.05) is 18.0 Å². The Morgan fingerprint density at radius 3 is 2.95 bits per heavy atom. The van der Waals surface area contributed by atoms with Crippen LogP contribution in [0.15, 0.2) is 30.5 Å². The van der Waals surface area contributed by atoms with Gasteiger partial charge in [-0.05, 0) is 24.6 Å². The first kappa shape index (κ1) is 12.2. The molecular weight excluding hydrogens is 238 g/mol. The van der Waals surface area contributed by atoms with E-state index in [0.717, 1.165) is 31.7 Å². The highest BCUT2D eigenvalue weighted by atomic mass is 15.4. The highest BCUT2D eigenvalue weighted by molar-refractivity contribution is 5.60. The van der Waals surface area contributed by atoms with Crippen LogP contribution in [0.1, 0.15) is 23.6 Å². The number of nitrogens with zero attached hydrogens (tertiary/aromatic N) is 4. The largest absolute Gasteiger partial charge is 0.365 e. The summed E-state index contributed by atoms with van der Waals surface area (Å²) in [6.07, 6.45) is 3.01. The molecule has 1 atom stereocenters. The monoisotopic (exact) mass is 257 g/mol. The molecule has 2 heterocycles. The molecule has 0 amide bonds. The molecule has 5 nitrogen and oxygen atoms in total. The van der Waals surface area contributed by atoms with Crippen molar-refractivity contribution in [1.82, 2.24) is 15.0 Å². The third-order valence-electron chi connectivity index (χ3n) is 3.68. The second-order valence-corrected chi connectivity index (χ2v) is 5.10. The van der Waals surface area contributed by atoms with E-state index in [9.17, 15) is 0 Å². The molecule has 0 spiro atoms. The average Bonchev–Trinajstić information content (AvgIpc) is 2.97. The molecule has 19 heavy (non-hydrogen) atoms. The van der Waals surface area contributed by atoms with E-state index >= 15 is 0 Å². The Kier molecular flexibility index (Phi) is 3.21. The molecule has 0 bridgehead atoms. The lowest BCUT2D eigenvalue weighted by Gasteiger charge is -2.18. The number of aromatic nitrogens is 3. The molecule has 0 saturated carbocycles. The first-order chi connectivity index (χ1) is 9.28. The molecule has 2 N–H and O–H groups in total. The van der Waals surface area contributed by atoms with Gasteiger partial charge in [0.1, 0.15) is 5.69 Å². The maximum atomic E-state index is 5.72. The Hall–Kier alpha value is -1.88. The fourth-order valence-electron chi connectivity index (χ4n) is 2.84. The van der Waals surface area contributed by atoms with E-state index in [4.69, 9.17) is 5.73 Å². The normalized spacial score (nSPS) is 17.8. The molecule has 2 aromatic rings. The lowest BCUT2D eigenvalue weighted by Crippen LogP contribution is -2.22. The Balaban J connectivity index is 1.84. The molecule has 3 rings (SSSR count). The van der Waals surface area contributed by atoms with Gasteiger partial charge in [-0.25, -0.2) is 0 Å². The first-order valence-corrected chi connectivity index (χ1v) is 6.67. The SMILES string of the molecule is Cn1cc(CN2CC(CCN)c3ccccc32)nn1. The van der Waals surface area contributed by atoms with Crippen LogP contribution in [0.25, 0.3) is 0 Å². The van der Waals surface area contributed by atoms with Crippen molar-refractivity contribution >= 4 is 5.69 Å². The minimum atomic E-state index is 0.540. The molecule has 0 radical (unpaired) electrons. The van der Waals surface area contributed by atoms with Crippen LogP contribution in [-0.2, 0) is 13.6 Å². The van der Waals surface area contributed by atoms with E-state index in [1.165, 1.54) is 11.3 Å². The van der Waals surface area contributed by atoms with Gasteiger partial charge in [0.05, 0.1) is 6.54 Å². The summed E-state index contributed by atoms with van der Waals surface area (Å²) in [4.78, 5) is 2.37. The topological polar surface area (TPSA) is 60.0 Å². The van der Waals surface area contributed by atoms with Crippen LogP contribution >= 0.6 is 0 Å². The number of para-hydroxylation sites is 1. The predicted molar refractivity (Wildman–Crippen MR) is 74.9 cm³/mol. The van der Waals surface area contributed by atoms with Gasteiger partial charge >= 0.3 is 0 Å². The second-order valence-electron chi connectivity index (χ2n) is 5.10. The van der Waals surface area contributed by atoms with E-state index in [2.05, 4.69) is 39.5 Å². The summed E-state index contributed by atoms with van der Waals surface area (Å²) in [6, 6.07) is 8.59. The third kappa shape index (κ3) is 2.33. The van der Waals surface area contributed by atoms with Gasteiger partial charge in [0.15, 0.2) is 0 Å². The number of fused-ring (bicyclic) bond motifs is 1. The first-order valence-electron chi connectivity index (χ1n) is 6.67. The summed E-state index contributed by atoms with van der Waals surface area (Å²) in [5, 5.41) is 8.16. The zero-order valence-electron chi connectivity index (χ0n) is 11.2. The zero-order valence-corrected chi connectivity index (χ0v) is 11.2. The van der Waals surface area contributed by atoms with Crippen LogP contribution in [0.2, 0.25) is 0 Å². The fraction of sp³-hybridized carbons (Fsp3) is 0.429. The van der Waals surface area contributed by atoms with Gasteiger partial charge in [-0.3, -0.25) is 4.68 Å². The molecule has 1 unspecified atom stereocenters. The van der Waals surface area contributed by atoms with Gasteiger partial charge < -0.3 is 10.6 Å². The van der Waals surface area contributed by atoms with Crippen molar-refractivity contribution in [1.29, 1.82) is 0 Å². The van der Waals surface area contributed by atoms with Gasteiger partial charge in [-0.2, -0.15) is 0 Å². The lowest BCUT2D eigenvalue weighted by molar-refractivity contribution is 0.641. The molecule has 0 aliphatic carbocycles. The molecule has 1 aliphatic rings. The van der Waals surface area contributed by atoms with E-state index in [-0.39, 0.29) is 0 Å². The summed E-state index contributed by atoms with van der Waals surface area (Å²) in [7, 11) is 1.89. The van der Waals surface area contributed by atoms with Gasteiger partial charge in [0.25, 0.3) is 0 Å². The Bertz CT molecular complexity index is 562. The highest BCUT2D eigenvalue weighted by Gasteiger charge is 2.27. The maximum absolute atomic E-state index is 5.72. The minimum absolute atomic E-state index is 0.540. The number of nitrogens with two attached hydrogens (primary N) is 1. The van der Waals surface area contributed by atoms with Gasteiger partial charge in [0.2, 0.25) is 0 Å². The van der Waals surface area contributed by atoms with Crippen LogP contribution < -0.4 is 10.6 Å². The highest BCUT2D eigenvalue weighted by Crippen LogP contribution is 2.38. The quantitative estimate of drug-likeness (QED) is 0.896. The number of benzene rings is 1. The number of hydrogen-bond donors (Lipinski definition) is 1. The standard InChI is InChI=1S/C14H19N5/c1-18-9-12(16-17-18)10-19-8-11(6-7-15)13-4-2-3-5-14(13)19/h2-5,9,11H,6-8,10,15H2,1H3. The third-order valence-corrected chi connectivity index (χ3v) is 3.68. The summed E-state index contributed by atoms with van der Waals surface area (Å²) in [5.41, 5.74) is 9.45. The summed E-state index contributed by atoms with van der Waals surface area (Å²) >= 11 is 0. The van der Waals surface area contributed by atoms with E-state index in [1.807, 2.05) is 13.2 Å². The van der Waals surface area contributed by atoms with E-state index in [1.54, 1.807) is 4.68 Å². The van der Waals surface area contributed by atoms with Crippen molar-refractivity contribution in [3.63, 3.8) is 0 Å². The lowest BCUT2D eigenvalue weighted by atomic mass is 9.98. The zero-order chi connectivity index (χ0) is 13.2. The van der Waals surface area contributed by atoms with Gasteiger partial charge in [0, 0.05) is 31.4 Å². The maximum Gasteiger partial charge on any atom is 0.102 e. The van der Waals surface area contributed by atoms with Crippen molar-refractivity contribution in [3.05, 3.63) is 41.7 Å². The molecule has 1 aromatic carbocycles. The van der Waals surface area contributed by atoms with Crippen LogP contribution in [0.4, 0.5) is 5.69 Å². The van der Waals surface area contributed by atoms with Crippen LogP contribution in [0.5, 0.6) is 0 Å². The number of aryl methyl sites for hydroxylation is 1. The average molecular weight is 257 g/mol. The van der Waals surface area contributed by atoms with Crippen molar-refractivity contribution < 1.29 is 0 Å². The molecular formula is C14H19N5. The Morgan fingerprint density at radius 1 is 1.37 bits per heavy atom.